The lowest BCUT2D eigenvalue weighted by Gasteiger charge is -2.30. The van der Waals surface area contributed by atoms with Crippen LogP contribution in [0, 0.1) is 0 Å². The number of hydrogen-bond donors (Lipinski definition) is 0. The summed E-state index contributed by atoms with van der Waals surface area (Å²) in [6.45, 7) is 10.4. The molecule has 5 nitrogen and oxygen atoms in total. The molecule has 0 bridgehead atoms. The van der Waals surface area contributed by atoms with Gasteiger partial charge in [0.1, 0.15) is 5.41 Å². The maximum absolute atomic E-state index is 12.0. The Morgan fingerprint density at radius 1 is 1.65 bits per heavy atom. The number of morpholine rings is 1. The fourth-order valence-corrected chi connectivity index (χ4v) is 3.14. The van der Waals surface area contributed by atoms with E-state index in [0.717, 1.165) is 30.5 Å². The molecule has 20 heavy (non-hydrogen) atoms. The Morgan fingerprint density at radius 2 is 2.40 bits per heavy atom. The Hall–Kier alpha value is -1.14. The predicted octanol–water partition coefficient (Wildman–Crippen LogP) is 2.21. The van der Waals surface area contributed by atoms with Crippen molar-refractivity contribution in [1.29, 1.82) is 0 Å². The molecule has 1 saturated heterocycles. The highest BCUT2D eigenvalue weighted by molar-refractivity contribution is 7.13. The molecule has 0 aromatic carbocycles. The van der Waals surface area contributed by atoms with Crippen molar-refractivity contribution in [2.45, 2.75) is 39.2 Å². The lowest BCUT2D eigenvalue weighted by atomic mass is 9.90. The van der Waals surface area contributed by atoms with E-state index in [-0.39, 0.29) is 12.1 Å². The molecular weight excluding hydrogens is 276 g/mol. The molecular formula is C14H22N2O3S. The van der Waals surface area contributed by atoms with Crippen LogP contribution < -0.4 is 4.90 Å². The zero-order valence-electron chi connectivity index (χ0n) is 12.5. The van der Waals surface area contributed by atoms with Gasteiger partial charge in [0, 0.05) is 18.5 Å². The van der Waals surface area contributed by atoms with Crippen molar-refractivity contribution in [2.24, 2.45) is 0 Å². The summed E-state index contributed by atoms with van der Waals surface area (Å²) in [5.74, 6) is -0.229. The third-order valence-corrected chi connectivity index (χ3v) is 4.33. The zero-order chi connectivity index (χ0) is 14.8. The molecule has 0 amide bonds. The van der Waals surface area contributed by atoms with Crippen LogP contribution in [0.15, 0.2) is 5.38 Å². The molecule has 1 aromatic heterocycles. The summed E-state index contributed by atoms with van der Waals surface area (Å²) in [4.78, 5) is 18.9. The molecule has 1 aromatic rings. The van der Waals surface area contributed by atoms with Crippen LogP contribution in [0.2, 0.25) is 0 Å². The topological polar surface area (TPSA) is 51.7 Å². The van der Waals surface area contributed by atoms with Gasteiger partial charge < -0.3 is 14.4 Å². The fourth-order valence-electron chi connectivity index (χ4n) is 2.10. The van der Waals surface area contributed by atoms with E-state index in [4.69, 9.17) is 9.47 Å². The van der Waals surface area contributed by atoms with Crippen molar-refractivity contribution in [3.05, 3.63) is 11.1 Å². The van der Waals surface area contributed by atoms with Crippen molar-refractivity contribution >= 4 is 22.4 Å². The molecule has 0 aliphatic carbocycles. The first kappa shape index (κ1) is 15.3. The number of hydrogen-bond acceptors (Lipinski definition) is 6. The third-order valence-electron chi connectivity index (χ3n) is 3.43. The maximum atomic E-state index is 12.0. The largest absolute Gasteiger partial charge is 0.465 e. The van der Waals surface area contributed by atoms with Gasteiger partial charge in [0.05, 0.1) is 25.0 Å². The summed E-state index contributed by atoms with van der Waals surface area (Å²) >= 11 is 1.57. The number of rotatable bonds is 4. The Labute approximate surface area is 123 Å². The van der Waals surface area contributed by atoms with Crippen molar-refractivity contribution in [3.63, 3.8) is 0 Å². The molecule has 2 heterocycles. The van der Waals surface area contributed by atoms with Gasteiger partial charge in [-0.3, -0.25) is 4.79 Å². The molecule has 0 spiro atoms. The highest BCUT2D eigenvalue weighted by atomic mass is 32.1. The number of carbonyl (C=O) groups excluding carboxylic acids is 1. The summed E-state index contributed by atoms with van der Waals surface area (Å²) in [6, 6.07) is 0. The smallest absolute Gasteiger partial charge is 0.317 e. The molecule has 1 atom stereocenters. The molecule has 0 saturated carbocycles. The minimum atomic E-state index is -0.706. The quantitative estimate of drug-likeness (QED) is 0.798. The van der Waals surface area contributed by atoms with Crippen LogP contribution in [0.5, 0.6) is 0 Å². The van der Waals surface area contributed by atoms with Crippen LogP contribution in [0.25, 0.3) is 0 Å². The van der Waals surface area contributed by atoms with Crippen LogP contribution >= 0.6 is 11.3 Å². The Morgan fingerprint density at radius 3 is 3.05 bits per heavy atom. The van der Waals surface area contributed by atoms with Gasteiger partial charge in [-0.2, -0.15) is 0 Å². The first-order valence-corrected chi connectivity index (χ1v) is 7.83. The first-order chi connectivity index (χ1) is 9.45. The van der Waals surface area contributed by atoms with Gasteiger partial charge in [0.2, 0.25) is 0 Å². The van der Waals surface area contributed by atoms with E-state index in [1.165, 1.54) is 0 Å². The minimum absolute atomic E-state index is 0.217. The van der Waals surface area contributed by atoms with Crippen LogP contribution in [-0.2, 0) is 19.7 Å². The Kier molecular flexibility index (Phi) is 4.65. The van der Waals surface area contributed by atoms with Gasteiger partial charge >= 0.3 is 5.97 Å². The summed E-state index contributed by atoms with van der Waals surface area (Å²) in [5, 5.41) is 2.90. The Bertz CT molecular complexity index is 473. The maximum Gasteiger partial charge on any atom is 0.317 e. The predicted molar refractivity (Wildman–Crippen MR) is 79.4 cm³/mol. The van der Waals surface area contributed by atoms with Gasteiger partial charge in [-0.25, -0.2) is 4.98 Å². The number of nitrogens with zero attached hydrogens (tertiary/aromatic N) is 2. The third kappa shape index (κ3) is 3.12. The summed E-state index contributed by atoms with van der Waals surface area (Å²) in [7, 11) is 0. The Balaban J connectivity index is 2.13. The number of ether oxygens (including phenoxy) is 2. The number of carbonyl (C=O) groups is 1. The number of aromatic nitrogens is 1. The molecule has 6 heteroatoms. The van der Waals surface area contributed by atoms with E-state index >= 15 is 0 Å². The molecule has 0 radical (unpaired) electrons. The fraction of sp³-hybridized carbons (Fsp3) is 0.714. The minimum Gasteiger partial charge on any atom is -0.465 e. The monoisotopic (exact) mass is 298 g/mol. The normalized spacial score (nSPS) is 20.0. The van der Waals surface area contributed by atoms with E-state index in [9.17, 15) is 4.79 Å². The zero-order valence-corrected chi connectivity index (χ0v) is 13.3. The van der Waals surface area contributed by atoms with Crippen LogP contribution in [0.3, 0.4) is 0 Å². The molecule has 112 valence electrons. The van der Waals surface area contributed by atoms with E-state index in [0.29, 0.717) is 6.61 Å². The molecule has 1 aliphatic rings. The highest BCUT2D eigenvalue weighted by Gasteiger charge is 2.34. The van der Waals surface area contributed by atoms with Crippen molar-refractivity contribution in [3.8, 4) is 0 Å². The molecule has 0 N–H and O–H groups in total. The second-order valence-corrected chi connectivity index (χ2v) is 6.32. The summed E-state index contributed by atoms with van der Waals surface area (Å²) < 4.78 is 10.7. The van der Waals surface area contributed by atoms with E-state index in [1.807, 2.05) is 26.2 Å². The first-order valence-electron chi connectivity index (χ1n) is 6.95. The SMILES string of the molecule is CCOC(=O)C(C)(C)c1csc(N2CCOC(C)C2)n1. The lowest BCUT2D eigenvalue weighted by molar-refractivity contribution is -0.148. The molecule has 2 rings (SSSR count). The van der Waals surface area contributed by atoms with E-state index in [1.54, 1.807) is 11.3 Å². The van der Waals surface area contributed by atoms with Crippen LogP contribution in [0.4, 0.5) is 5.13 Å². The van der Waals surface area contributed by atoms with Gasteiger partial charge in [-0.05, 0) is 27.7 Å². The average Bonchev–Trinajstić information content (AvgIpc) is 2.89. The van der Waals surface area contributed by atoms with Crippen LogP contribution in [-0.4, -0.2) is 43.4 Å². The van der Waals surface area contributed by atoms with E-state index < -0.39 is 5.41 Å². The van der Waals surface area contributed by atoms with Gasteiger partial charge in [0.25, 0.3) is 0 Å². The molecule has 1 aliphatic heterocycles. The van der Waals surface area contributed by atoms with Crippen molar-refractivity contribution in [2.75, 3.05) is 31.2 Å². The lowest BCUT2D eigenvalue weighted by Crippen LogP contribution is -2.41. The molecule has 1 unspecified atom stereocenters. The number of esters is 1. The van der Waals surface area contributed by atoms with Crippen molar-refractivity contribution < 1.29 is 14.3 Å². The average molecular weight is 298 g/mol. The number of thiazole rings is 1. The standard InChI is InChI=1S/C14H22N2O3S/c1-5-18-12(17)14(3,4)11-9-20-13(15-11)16-6-7-19-10(2)8-16/h9-10H,5-8H2,1-4H3. The van der Waals surface area contributed by atoms with Gasteiger partial charge in [-0.15, -0.1) is 11.3 Å². The van der Waals surface area contributed by atoms with Crippen LogP contribution in [0.1, 0.15) is 33.4 Å². The second kappa shape index (κ2) is 6.10. The van der Waals surface area contributed by atoms with Gasteiger partial charge in [-0.1, -0.05) is 0 Å². The summed E-state index contributed by atoms with van der Waals surface area (Å²) in [5.41, 5.74) is 0.0675. The number of anilines is 1. The van der Waals surface area contributed by atoms with E-state index in [2.05, 4.69) is 16.8 Å². The summed E-state index contributed by atoms with van der Waals surface area (Å²) in [6.07, 6.45) is 0.217. The van der Waals surface area contributed by atoms with Gasteiger partial charge in [0.15, 0.2) is 5.13 Å². The second-order valence-electron chi connectivity index (χ2n) is 5.49. The van der Waals surface area contributed by atoms with Crippen molar-refractivity contribution in [1.82, 2.24) is 4.98 Å². The molecule has 1 fully saturated rings. The highest BCUT2D eigenvalue weighted by Crippen LogP contribution is 2.30.